The van der Waals surface area contributed by atoms with Gasteiger partial charge in [-0.2, -0.15) is 0 Å². The Bertz CT molecular complexity index is 1160. The van der Waals surface area contributed by atoms with Gasteiger partial charge >= 0.3 is 5.97 Å². The van der Waals surface area contributed by atoms with Crippen molar-refractivity contribution in [1.82, 2.24) is 5.32 Å². The zero-order chi connectivity index (χ0) is 55.7. The van der Waals surface area contributed by atoms with Gasteiger partial charge in [-0.15, -0.1) is 0 Å². The van der Waals surface area contributed by atoms with Crippen molar-refractivity contribution >= 4 is 11.9 Å². The highest BCUT2D eigenvalue weighted by Crippen LogP contribution is 2.19. The molecule has 0 saturated carbocycles. The van der Waals surface area contributed by atoms with Crippen molar-refractivity contribution in [3.05, 3.63) is 12.2 Å². The molecule has 3 N–H and O–H groups in total. The lowest BCUT2D eigenvalue weighted by Gasteiger charge is -2.22. The minimum absolute atomic E-state index is 0.0117. The lowest BCUT2D eigenvalue weighted by Crippen LogP contribution is -2.45. The van der Waals surface area contributed by atoms with Crippen molar-refractivity contribution in [3.63, 3.8) is 0 Å². The zero-order valence-corrected chi connectivity index (χ0v) is 52.5. The number of hydrogen-bond acceptors (Lipinski definition) is 5. The second-order valence-electron chi connectivity index (χ2n) is 24.6. The third-order valence-corrected chi connectivity index (χ3v) is 16.8. The summed E-state index contributed by atoms with van der Waals surface area (Å²) in [4.78, 5) is 24.6. The fourth-order valence-corrected chi connectivity index (χ4v) is 11.4. The number of rotatable bonds is 67. The number of unbranched alkanes of at least 4 members (excludes halogenated alkanes) is 54. The SMILES string of the molecule is CCCCCCCCC/C=C\CCCCCCCC(=O)OCCCCCCCCCCCCCCCCCCCCCCCCCCCCCC(=O)NC(CO)C(O)CCCCCCCCCCCCCCCCCCC. The maximum absolute atomic E-state index is 12.5. The Morgan fingerprint density at radius 1 is 0.351 bits per heavy atom. The van der Waals surface area contributed by atoms with Gasteiger partial charge in [0, 0.05) is 12.8 Å². The quantitative estimate of drug-likeness (QED) is 0.0320. The molecular formula is C71H139NO5. The van der Waals surface area contributed by atoms with E-state index in [4.69, 9.17) is 4.74 Å². The second kappa shape index (κ2) is 67.1. The van der Waals surface area contributed by atoms with Crippen LogP contribution in [0.15, 0.2) is 12.2 Å². The molecule has 0 heterocycles. The smallest absolute Gasteiger partial charge is 0.305 e. The third kappa shape index (κ3) is 63.6. The maximum Gasteiger partial charge on any atom is 0.305 e. The van der Waals surface area contributed by atoms with E-state index < -0.39 is 12.1 Å². The van der Waals surface area contributed by atoms with Crippen LogP contribution in [0.4, 0.5) is 0 Å². The van der Waals surface area contributed by atoms with Crippen molar-refractivity contribution in [1.29, 1.82) is 0 Å². The lowest BCUT2D eigenvalue weighted by molar-refractivity contribution is -0.143. The van der Waals surface area contributed by atoms with Gasteiger partial charge in [0.05, 0.1) is 25.4 Å². The number of aliphatic hydroxyl groups is 2. The summed E-state index contributed by atoms with van der Waals surface area (Å²) in [7, 11) is 0. The predicted molar refractivity (Wildman–Crippen MR) is 338 cm³/mol. The van der Waals surface area contributed by atoms with E-state index in [1.54, 1.807) is 0 Å². The molecule has 0 aromatic heterocycles. The van der Waals surface area contributed by atoms with E-state index in [-0.39, 0.29) is 18.5 Å². The Morgan fingerprint density at radius 3 is 0.922 bits per heavy atom. The normalized spacial score (nSPS) is 12.5. The first-order chi connectivity index (χ1) is 38.0. The van der Waals surface area contributed by atoms with Crippen LogP contribution in [0.2, 0.25) is 0 Å². The molecule has 2 unspecified atom stereocenters. The summed E-state index contributed by atoms with van der Waals surface area (Å²) in [6.45, 7) is 4.99. The number of amides is 1. The monoisotopic (exact) mass is 1090 g/mol. The summed E-state index contributed by atoms with van der Waals surface area (Å²) >= 11 is 0. The van der Waals surface area contributed by atoms with Crippen LogP contribution in [-0.4, -0.2) is 47.4 Å². The fraction of sp³-hybridized carbons (Fsp3) is 0.944. The van der Waals surface area contributed by atoms with Gasteiger partial charge in [0.2, 0.25) is 5.91 Å². The van der Waals surface area contributed by atoms with E-state index >= 15 is 0 Å². The van der Waals surface area contributed by atoms with Gasteiger partial charge in [-0.3, -0.25) is 9.59 Å². The van der Waals surface area contributed by atoms with Crippen LogP contribution >= 0.6 is 0 Å². The average Bonchev–Trinajstić information content (AvgIpc) is 3.43. The zero-order valence-electron chi connectivity index (χ0n) is 52.5. The molecule has 458 valence electrons. The molecule has 6 nitrogen and oxygen atoms in total. The van der Waals surface area contributed by atoms with Crippen LogP contribution < -0.4 is 5.32 Å². The minimum atomic E-state index is -0.662. The molecule has 0 aliphatic rings. The standard InChI is InChI=1S/C71H139NO5/c1-3-5-7-9-11-13-15-17-19-32-35-39-43-47-51-55-59-63-69(74)68(67-73)72-70(75)64-60-56-52-48-44-40-36-33-30-28-26-24-22-21-23-25-27-29-31-34-38-42-46-50-54-58-62-66-77-71(76)65-61-57-53-49-45-41-37-20-18-16-14-12-10-8-6-4-2/h20,37,68-69,73-74H,3-19,21-36,38-67H2,1-2H3,(H,72,75)/b37-20-. The van der Waals surface area contributed by atoms with Crippen LogP contribution in [-0.2, 0) is 14.3 Å². The van der Waals surface area contributed by atoms with Gasteiger partial charge in [-0.25, -0.2) is 0 Å². The van der Waals surface area contributed by atoms with E-state index in [9.17, 15) is 19.8 Å². The summed E-state index contributed by atoms with van der Waals surface area (Å²) in [5.74, 6) is -0.0166. The van der Waals surface area contributed by atoms with E-state index in [0.717, 1.165) is 44.9 Å². The Labute approximate surface area is 482 Å². The number of esters is 1. The maximum atomic E-state index is 12.5. The highest BCUT2D eigenvalue weighted by molar-refractivity contribution is 5.76. The van der Waals surface area contributed by atoms with Crippen LogP contribution in [0.25, 0.3) is 0 Å². The largest absolute Gasteiger partial charge is 0.466 e. The van der Waals surface area contributed by atoms with E-state index in [2.05, 4.69) is 31.3 Å². The Kier molecular flexibility index (Phi) is 65.9. The molecular weight excluding hydrogens is 947 g/mol. The molecule has 6 heteroatoms. The van der Waals surface area contributed by atoms with Crippen molar-refractivity contribution in [3.8, 4) is 0 Å². The Hall–Kier alpha value is -1.40. The summed E-state index contributed by atoms with van der Waals surface area (Å²) in [5, 5.41) is 23.4. The van der Waals surface area contributed by atoms with Gasteiger partial charge in [-0.1, -0.05) is 353 Å². The molecule has 0 bridgehead atoms. The number of carbonyl (C=O) groups excluding carboxylic acids is 2. The predicted octanol–water partition coefficient (Wildman–Crippen LogP) is 22.8. The molecule has 0 fully saturated rings. The second-order valence-corrected chi connectivity index (χ2v) is 24.6. The summed E-state index contributed by atoms with van der Waals surface area (Å²) in [5.41, 5.74) is 0. The van der Waals surface area contributed by atoms with E-state index in [1.807, 2.05) is 0 Å². The highest BCUT2D eigenvalue weighted by Gasteiger charge is 2.20. The molecule has 0 saturated heterocycles. The fourth-order valence-electron chi connectivity index (χ4n) is 11.4. The van der Waals surface area contributed by atoms with Crippen LogP contribution in [0, 0.1) is 0 Å². The molecule has 0 aromatic carbocycles. The van der Waals surface area contributed by atoms with Gasteiger partial charge in [0.1, 0.15) is 0 Å². The van der Waals surface area contributed by atoms with E-state index in [1.165, 1.54) is 327 Å². The molecule has 0 spiro atoms. The highest BCUT2D eigenvalue weighted by atomic mass is 16.5. The number of allylic oxidation sites excluding steroid dienone is 2. The molecule has 2 atom stereocenters. The molecule has 0 aliphatic carbocycles. The molecule has 0 aliphatic heterocycles. The number of carbonyl (C=O) groups is 2. The summed E-state index contributed by atoms with van der Waals surface area (Å²) in [6, 6.07) is -0.539. The first kappa shape index (κ1) is 75.6. The van der Waals surface area contributed by atoms with Gasteiger partial charge < -0.3 is 20.3 Å². The lowest BCUT2D eigenvalue weighted by atomic mass is 10.0. The van der Waals surface area contributed by atoms with Gasteiger partial charge in [-0.05, 0) is 51.4 Å². The van der Waals surface area contributed by atoms with Crippen LogP contribution in [0.3, 0.4) is 0 Å². The third-order valence-electron chi connectivity index (χ3n) is 16.8. The molecule has 0 aromatic rings. The molecule has 1 amide bonds. The Balaban J connectivity index is 3.34. The number of nitrogens with one attached hydrogen (secondary N) is 1. The van der Waals surface area contributed by atoms with Crippen molar-refractivity contribution < 1.29 is 24.5 Å². The first-order valence-electron chi connectivity index (χ1n) is 35.4. The van der Waals surface area contributed by atoms with E-state index in [0.29, 0.717) is 25.9 Å². The van der Waals surface area contributed by atoms with Crippen molar-refractivity contribution in [2.45, 2.75) is 418 Å². The average molecular weight is 1090 g/mol. The van der Waals surface area contributed by atoms with Gasteiger partial charge in [0.15, 0.2) is 0 Å². The minimum Gasteiger partial charge on any atom is -0.466 e. The first-order valence-corrected chi connectivity index (χ1v) is 35.4. The number of hydrogen-bond donors (Lipinski definition) is 3. The number of ether oxygens (including phenoxy) is 1. The van der Waals surface area contributed by atoms with Crippen molar-refractivity contribution in [2.75, 3.05) is 13.2 Å². The summed E-state index contributed by atoms with van der Waals surface area (Å²) < 4.78 is 5.50. The van der Waals surface area contributed by atoms with Crippen LogP contribution in [0.1, 0.15) is 406 Å². The van der Waals surface area contributed by atoms with Crippen LogP contribution in [0.5, 0.6) is 0 Å². The molecule has 0 radical (unpaired) electrons. The van der Waals surface area contributed by atoms with Crippen molar-refractivity contribution in [2.24, 2.45) is 0 Å². The Morgan fingerprint density at radius 2 is 0.610 bits per heavy atom. The summed E-state index contributed by atoms with van der Waals surface area (Å²) in [6.07, 6.45) is 82.6. The number of aliphatic hydroxyl groups excluding tert-OH is 2. The topological polar surface area (TPSA) is 95.9 Å². The molecule has 77 heavy (non-hydrogen) atoms. The molecule has 0 rings (SSSR count). The van der Waals surface area contributed by atoms with Gasteiger partial charge in [0.25, 0.3) is 0 Å².